The van der Waals surface area contributed by atoms with Crippen molar-refractivity contribution in [2.45, 2.75) is 6.61 Å². The van der Waals surface area contributed by atoms with Crippen LogP contribution in [0.1, 0.15) is 5.69 Å². The first-order valence-corrected chi connectivity index (χ1v) is 4.42. The van der Waals surface area contributed by atoms with Crippen LogP contribution in [0.15, 0.2) is 30.3 Å². The van der Waals surface area contributed by atoms with Crippen LogP contribution in [-0.2, 0) is 6.61 Å². The number of aromatic nitrogens is 2. The zero-order chi connectivity index (χ0) is 10.7. The summed E-state index contributed by atoms with van der Waals surface area (Å²) in [7, 11) is 0. The molecule has 2 aromatic rings. The lowest BCUT2D eigenvalue weighted by molar-refractivity contribution is 0.299. The van der Waals surface area contributed by atoms with Gasteiger partial charge < -0.3 is 10.5 Å². The molecule has 3 N–H and O–H groups in total. The Labute approximate surface area is 85.9 Å². The van der Waals surface area contributed by atoms with Crippen molar-refractivity contribution in [1.82, 2.24) is 10.2 Å². The highest BCUT2D eigenvalue weighted by atomic mass is 19.1. The van der Waals surface area contributed by atoms with Crippen LogP contribution in [-0.4, -0.2) is 10.2 Å². The van der Waals surface area contributed by atoms with Crippen molar-refractivity contribution in [3.05, 3.63) is 41.8 Å². The van der Waals surface area contributed by atoms with Crippen molar-refractivity contribution >= 4 is 5.82 Å². The van der Waals surface area contributed by atoms with Gasteiger partial charge in [0.15, 0.2) is 0 Å². The average molecular weight is 207 g/mol. The summed E-state index contributed by atoms with van der Waals surface area (Å²) in [6.45, 7) is 0.285. The summed E-state index contributed by atoms with van der Waals surface area (Å²) in [5.74, 6) is 0.563. The average Bonchev–Trinajstić information content (AvgIpc) is 2.62. The van der Waals surface area contributed by atoms with Crippen LogP contribution in [0.4, 0.5) is 10.2 Å². The van der Waals surface area contributed by atoms with Gasteiger partial charge in [-0.3, -0.25) is 5.10 Å². The molecule has 5 heteroatoms. The molecule has 1 heterocycles. The van der Waals surface area contributed by atoms with Gasteiger partial charge in [-0.25, -0.2) is 4.39 Å². The van der Waals surface area contributed by atoms with Gasteiger partial charge in [0, 0.05) is 12.1 Å². The molecule has 4 nitrogen and oxygen atoms in total. The fourth-order valence-electron chi connectivity index (χ4n) is 1.17. The molecular formula is C10H10FN3O. The number of hydrogen-bond donors (Lipinski definition) is 2. The molecule has 0 radical (unpaired) electrons. The molecule has 1 aromatic carbocycles. The van der Waals surface area contributed by atoms with Crippen LogP contribution in [0.2, 0.25) is 0 Å². The molecule has 0 aliphatic heterocycles. The molecule has 0 spiro atoms. The lowest BCUT2D eigenvalue weighted by Gasteiger charge is -2.03. The van der Waals surface area contributed by atoms with Crippen molar-refractivity contribution in [3.63, 3.8) is 0 Å². The number of H-pyrrole nitrogens is 1. The van der Waals surface area contributed by atoms with Crippen LogP contribution >= 0.6 is 0 Å². The van der Waals surface area contributed by atoms with E-state index in [-0.39, 0.29) is 12.4 Å². The SMILES string of the molecule is Nc1cc(COc2cccc(F)c2)[nH]n1. The second-order valence-corrected chi connectivity index (χ2v) is 3.06. The number of ether oxygens (including phenoxy) is 1. The fraction of sp³-hybridized carbons (Fsp3) is 0.100. The molecule has 78 valence electrons. The fourth-order valence-corrected chi connectivity index (χ4v) is 1.17. The Morgan fingerprint density at radius 3 is 2.93 bits per heavy atom. The number of hydrogen-bond acceptors (Lipinski definition) is 3. The molecule has 2 rings (SSSR count). The van der Waals surface area contributed by atoms with Crippen molar-refractivity contribution in [3.8, 4) is 5.75 Å². The number of nitrogen functional groups attached to an aromatic ring is 1. The van der Waals surface area contributed by atoms with Gasteiger partial charge >= 0.3 is 0 Å². The maximum atomic E-state index is 12.8. The van der Waals surface area contributed by atoms with Crippen molar-refractivity contribution in [2.75, 3.05) is 5.73 Å². The minimum Gasteiger partial charge on any atom is -0.487 e. The molecule has 0 aliphatic rings. The number of nitrogens with one attached hydrogen (secondary N) is 1. The minimum absolute atomic E-state index is 0.285. The summed E-state index contributed by atoms with van der Waals surface area (Å²) >= 11 is 0. The number of anilines is 1. The first-order valence-electron chi connectivity index (χ1n) is 4.42. The molecule has 0 saturated carbocycles. The Balaban J connectivity index is 1.99. The van der Waals surface area contributed by atoms with Gasteiger partial charge in [0.05, 0.1) is 5.69 Å². The monoisotopic (exact) mass is 207 g/mol. The topological polar surface area (TPSA) is 63.9 Å². The van der Waals surface area contributed by atoms with Gasteiger partial charge in [0.1, 0.15) is 24.0 Å². The van der Waals surface area contributed by atoms with Gasteiger partial charge in [0.2, 0.25) is 0 Å². The molecule has 0 amide bonds. The second kappa shape index (κ2) is 4.00. The van der Waals surface area contributed by atoms with E-state index in [0.29, 0.717) is 11.6 Å². The Hall–Kier alpha value is -2.04. The number of aromatic amines is 1. The third kappa shape index (κ3) is 2.46. The molecule has 15 heavy (non-hydrogen) atoms. The van der Waals surface area contributed by atoms with E-state index < -0.39 is 0 Å². The zero-order valence-electron chi connectivity index (χ0n) is 7.90. The van der Waals surface area contributed by atoms with Crippen LogP contribution in [0, 0.1) is 5.82 Å². The van der Waals surface area contributed by atoms with E-state index >= 15 is 0 Å². The number of rotatable bonds is 3. The minimum atomic E-state index is -0.323. The summed E-state index contributed by atoms with van der Waals surface area (Å²) in [6.07, 6.45) is 0. The van der Waals surface area contributed by atoms with E-state index in [4.69, 9.17) is 10.5 Å². The van der Waals surface area contributed by atoms with Crippen LogP contribution in [0.5, 0.6) is 5.75 Å². The lowest BCUT2D eigenvalue weighted by atomic mass is 10.3. The normalized spacial score (nSPS) is 10.2. The summed E-state index contributed by atoms with van der Waals surface area (Å²) in [6, 6.07) is 7.62. The molecule has 0 unspecified atom stereocenters. The molecule has 0 atom stereocenters. The molecule has 0 bridgehead atoms. The number of nitrogens with two attached hydrogens (primary N) is 1. The highest BCUT2D eigenvalue weighted by Crippen LogP contribution is 2.13. The smallest absolute Gasteiger partial charge is 0.145 e. The van der Waals surface area contributed by atoms with Gasteiger partial charge in [-0.2, -0.15) is 5.10 Å². The van der Waals surface area contributed by atoms with E-state index in [1.54, 1.807) is 18.2 Å². The molecule has 0 aliphatic carbocycles. The van der Waals surface area contributed by atoms with Gasteiger partial charge in [0.25, 0.3) is 0 Å². The third-order valence-corrected chi connectivity index (χ3v) is 1.84. The zero-order valence-corrected chi connectivity index (χ0v) is 7.90. The van der Waals surface area contributed by atoms with Crippen molar-refractivity contribution in [1.29, 1.82) is 0 Å². The lowest BCUT2D eigenvalue weighted by Crippen LogP contribution is -1.95. The van der Waals surface area contributed by atoms with Crippen LogP contribution in [0.25, 0.3) is 0 Å². The maximum absolute atomic E-state index is 12.8. The van der Waals surface area contributed by atoms with E-state index in [2.05, 4.69) is 10.2 Å². The predicted molar refractivity (Wildman–Crippen MR) is 53.7 cm³/mol. The Bertz CT molecular complexity index is 455. The van der Waals surface area contributed by atoms with Gasteiger partial charge in [-0.05, 0) is 12.1 Å². The largest absolute Gasteiger partial charge is 0.487 e. The Kier molecular flexibility index (Phi) is 2.53. The number of benzene rings is 1. The summed E-state index contributed by atoms with van der Waals surface area (Å²) in [5.41, 5.74) is 6.16. The standard InChI is InChI=1S/C10H10FN3O/c11-7-2-1-3-9(4-7)15-6-8-5-10(12)14-13-8/h1-5H,6H2,(H3,12,13,14). The van der Waals surface area contributed by atoms with Crippen molar-refractivity contribution < 1.29 is 9.13 Å². The van der Waals surface area contributed by atoms with Gasteiger partial charge in [-0.15, -0.1) is 0 Å². The van der Waals surface area contributed by atoms with Crippen LogP contribution < -0.4 is 10.5 Å². The van der Waals surface area contributed by atoms with E-state index in [0.717, 1.165) is 5.69 Å². The number of nitrogens with zero attached hydrogens (tertiary/aromatic N) is 1. The Morgan fingerprint density at radius 1 is 1.40 bits per heavy atom. The molecule has 1 aromatic heterocycles. The maximum Gasteiger partial charge on any atom is 0.145 e. The highest BCUT2D eigenvalue weighted by Gasteiger charge is 1.99. The summed E-state index contributed by atoms with van der Waals surface area (Å²) in [4.78, 5) is 0. The molecule has 0 saturated heterocycles. The summed E-state index contributed by atoms with van der Waals surface area (Å²) in [5, 5.41) is 6.44. The number of halogens is 1. The first kappa shape index (κ1) is 9.51. The molecule has 0 fully saturated rings. The van der Waals surface area contributed by atoms with Crippen LogP contribution in [0.3, 0.4) is 0 Å². The van der Waals surface area contributed by atoms with E-state index in [9.17, 15) is 4.39 Å². The second-order valence-electron chi connectivity index (χ2n) is 3.06. The Morgan fingerprint density at radius 2 is 2.27 bits per heavy atom. The van der Waals surface area contributed by atoms with Crippen molar-refractivity contribution in [2.24, 2.45) is 0 Å². The highest BCUT2D eigenvalue weighted by molar-refractivity contribution is 5.28. The molecular weight excluding hydrogens is 197 g/mol. The van der Waals surface area contributed by atoms with E-state index in [1.165, 1.54) is 12.1 Å². The third-order valence-electron chi connectivity index (χ3n) is 1.84. The quantitative estimate of drug-likeness (QED) is 0.805. The first-order chi connectivity index (χ1) is 7.24. The predicted octanol–water partition coefficient (Wildman–Crippen LogP) is 1.71. The summed E-state index contributed by atoms with van der Waals surface area (Å²) < 4.78 is 18.1. The van der Waals surface area contributed by atoms with Gasteiger partial charge in [-0.1, -0.05) is 6.07 Å². The van der Waals surface area contributed by atoms with E-state index in [1.807, 2.05) is 0 Å².